The first-order chi connectivity index (χ1) is 10.0. The van der Waals surface area contributed by atoms with Crippen LogP contribution in [0.1, 0.15) is 29.7 Å². The van der Waals surface area contributed by atoms with Crippen LogP contribution < -0.4 is 5.32 Å². The SMILES string of the molecule is CCNC(Cc1c(F)cccc1Cl)c1ccc(Br)c(C)c1. The zero-order chi connectivity index (χ0) is 15.4. The van der Waals surface area contributed by atoms with Gasteiger partial charge >= 0.3 is 0 Å². The van der Waals surface area contributed by atoms with Gasteiger partial charge in [0.25, 0.3) is 0 Å². The molecule has 2 aromatic carbocycles. The highest BCUT2D eigenvalue weighted by Crippen LogP contribution is 2.28. The molecule has 0 saturated heterocycles. The van der Waals surface area contributed by atoms with Crippen LogP contribution in [0.25, 0.3) is 0 Å². The summed E-state index contributed by atoms with van der Waals surface area (Å²) < 4.78 is 15.1. The van der Waals surface area contributed by atoms with Gasteiger partial charge in [0.15, 0.2) is 0 Å². The highest BCUT2D eigenvalue weighted by atomic mass is 79.9. The molecule has 1 nitrogen and oxygen atoms in total. The molecular formula is C17H18BrClFN. The second-order valence-electron chi connectivity index (χ2n) is 5.02. The van der Waals surface area contributed by atoms with Gasteiger partial charge in [0.1, 0.15) is 5.82 Å². The summed E-state index contributed by atoms with van der Waals surface area (Å²) in [7, 11) is 0. The molecule has 0 spiro atoms. The molecule has 1 atom stereocenters. The molecule has 112 valence electrons. The van der Waals surface area contributed by atoms with Crippen molar-refractivity contribution in [3.8, 4) is 0 Å². The normalized spacial score (nSPS) is 12.4. The lowest BCUT2D eigenvalue weighted by Gasteiger charge is -2.20. The van der Waals surface area contributed by atoms with E-state index >= 15 is 0 Å². The molecule has 0 heterocycles. The predicted molar refractivity (Wildman–Crippen MR) is 90.4 cm³/mol. The molecule has 0 aliphatic carbocycles. The van der Waals surface area contributed by atoms with Crippen molar-refractivity contribution in [3.63, 3.8) is 0 Å². The van der Waals surface area contributed by atoms with Gasteiger partial charge in [-0.15, -0.1) is 0 Å². The van der Waals surface area contributed by atoms with Crippen molar-refractivity contribution >= 4 is 27.5 Å². The van der Waals surface area contributed by atoms with Gasteiger partial charge in [-0.05, 0) is 49.2 Å². The van der Waals surface area contributed by atoms with Crippen LogP contribution in [0, 0.1) is 12.7 Å². The van der Waals surface area contributed by atoms with Crippen molar-refractivity contribution in [1.29, 1.82) is 0 Å². The zero-order valence-electron chi connectivity index (χ0n) is 12.1. The van der Waals surface area contributed by atoms with E-state index in [2.05, 4.69) is 33.4 Å². The Balaban J connectivity index is 2.33. The molecule has 2 rings (SSSR count). The Morgan fingerprint density at radius 1 is 1.29 bits per heavy atom. The van der Waals surface area contributed by atoms with Crippen LogP contribution in [0.15, 0.2) is 40.9 Å². The average molecular weight is 371 g/mol. The smallest absolute Gasteiger partial charge is 0.127 e. The van der Waals surface area contributed by atoms with Gasteiger partial charge in [0, 0.05) is 21.1 Å². The number of rotatable bonds is 5. The fraction of sp³-hybridized carbons (Fsp3) is 0.294. The molecule has 0 saturated carbocycles. The molecular weight excluding hydrogens is 353 g/mol. The first-order valence-corrected chi connectivity index (χ1v) is 8.12. The first kappa shape index (κ1) is 16.5. The van der Waals surface area contributed by atoms with Crippen molar-refractivity contribution in [3.05, 3.63) is 68.4 Å². The fourth-order valence-corrected chi connectivity index (χ4v) is 2.86. The highest BCUT2D eigenvalue weighted by molar-refractivity contribution is 9.10. The minimum Gasteiger partial charge on any atom is -0.310 e. The number of aryl methyl sites for hydroxylation is 1. The van der Waals surface area contributed by atoms with Crippen LogP contribution in [0.2, 0.25) is 5.02 Å². The third-order valence-corrected chi connectivity index (χ3v) is 4.75. The molecule has 1 unspecified atom stereocenters. The third-order valence-electron chi connectivity index (χ3n) is 3.50. The number of halogens is 3. The second-order valence-corrected chi connectivity index (χ2v) is 6.28. The van der Waals surface area contributed by atoms with Gasteiger partial charge < -0.3 is 5.32 Å². The van der Waals surface area contributed by atoms with Crippen molar-refractivity contribution in [2.75, 3.05) is 6.54 Å². The van der Waals surface area contributed by atoms with E-state index in [9.17, 15) is 4.39 Å². The van der Waals surface area contributed by atoms with Crippen LogP contribution >= 0.6 is 27.5 Å². The topological polar surface area (TPSA) is 12.0 Å². The minimum atomic E-state index is -0.251. The van der Waals surface area contributed by atoms with E-state index < -0.39 is 0 Å². The standard InChI is InChI=1S/C17H18BrClFN/c1-3-21-17(12-7-8-14(18)11(2)9-12)10-13-15(19)5-4-6-16(13)20/h4-9,17,21H,3,10H2,1-2H3. The minimum absolute atomic E-state index is 0.0381. The number of hydrogen-bond donors (Lipinski definition) is 1. The molecule has 4 heteroatoms. The van der Waals surface area contributed by atoms with Gasteiger partial charge in [0.05, 0.1) is 0 Å². The van der Waals surface area contributed by atoms with Gasteiger partial charge in [-0.25, -0.2) is 4.39 Å². The maximum Gasteiger partial charge on any atom is 0.127 e. The Kier molecular flexibility index (Phi) is 5.80. The molecule has 1 N–H and O–H groups in total. The third kappa shape index (κ3) is 4.06. The van der Waals surface area contributed by atoms with E-state index in [4.69, 9.17) is 11.6 Å². The summed E-state index contributed by atoms with van der Waals surface area (Å²) >= 11 is 9.65. The summed E-state index contributed by atoms with van der Waals surface area (Å²) in [6.07, 6.45) is 0.528. The lowest BCUT2D eigenvalue weighted by Crippen LogP contribution is -2.23. The summed E-state index contributed by atoms with van der Waals surface area (Å²) in [4.78, 5) is 0. The van der Waals surface area contributed by atoms with E-state index in [0.29, 0.717) is 17.0 Å². The van der Waals surface area contributed by atoms with Crippen LogP contribution in [0.3, 0.4) is 0 Å². The second kappa shape index (κ2) is 7.39. The molecule has 0 aliphatic heterocycles. The molecule has 0 aromatic heterocycles. The van der Waals surface area contributed by atoms with Crippen molar-refractivity contribution in [1.82, 2.24) is 5.32 Å². The van der Waals surface area contributed by atoms with Crippen LogP contribution in [0.5, 0.6) is 0 Å². The molecule has 2 aromatic rings. The molecule has 0 bridgehead atoms. The van der Waals surface area contributed by atoms with Crippen molar-refractivity contribution < 1.29 is 4.39 Å². The number of nitrogens with one attached hydrogen (secondary N) is 1. The van der Waals surface area contributed by atoms with Gasteiger partial charge in [0.2, 0.25) is 0 Å². The van der Waals surface area contributed by atoms with Gasteiger partial charge in [-0.2, -0.15) is 0 Å². The Labute approximate surface area is 138 Å². The Bertz CT molecular complexity index is 610. The number of hydrogen-bond acceptors (Lipinski definition) is 1. The Morgan fingerprint density at radius 2 is 2.05 bits per heavy atom. The molecule has 0 radical (unpaired) electrons. The maximum atomic E-state index is 14.0. The summed E-state index contributed by atoms with van der Waals surface area (Å²) in [5, 5.41) is 3.89. The molecule has 21 heavy (non-hydrogen) atoms. The first-order valence-electron chi connectivity index (χ1n) is 6.95. The summed E-state index contributed by atoms with van der Waals surface area (Å²) in [5.41, 5.74) is 2.86. The fourth-order valence-electron chi connectivity index (χ4n) is 2.37. The van der Waals surface area contributed by atoms with E-state index in [0.717, 1.165) is 22.1 Å². The van der Waals surface area contributed by atoms with Crippen molar-refractivity contribution in [2.45, 2.75) is 26.3 Å². The largest absolute Gasteiger partial charge is 0.310 e. The summed E-state index contributed by atoms with van der Waals surface area (Å²) in [6.45, 7) is 4.90. The lowest BCUT2D eigenvalue weighted by molar-refractivity contribution is 0.528. The van der Waals surface area contributed by atoms with Gasteiger partial charge in [-0.3, -0.25) is 0 Å². The average Bonchev–Trinajstić information content (AvgIpc) is 2.45. The monoisotopic (exact) mass is 369 g/mol. The van der Waals surface area contributed by atoms with E-state index in [1.807, 2.05) is 19.9 Å². The number of likely N-dealkylation sites (N-methyl/N-ethyl adjacent to an activating group) is 1. The van der Waals surface area contributed by atoms with Gasteiger partial charge in [-0.1, -0.05) is 52.7 Å². The van der Waals surface area contributed by atoms with E-state index in [-0.39, 0.29) is 11.9 Å². The van der Waals surface area contributed by atoms with Crippen LogP contribution in [-0.4, -0.2) is 6.54 Å². The summed E-state index contributed by atoms with van der Waals surface area (Å²) in [6, 6.07) is 11.1. The predicted octanol–water partition coefficient (Wildman–Crippen LogP) is 5.44. The molecule has 0 fully saturated rings. The zero-order valence-corrected chi connectivity index (χ0v) is 14.4. The highest BCUT2D eigenvalue weighted by Gasteiger charge is 2.16. The molecule has 0 amide bonds. The Hall–Kier alpha value is -0.900. The van der Waals surface area contributed by atoms with Crippen LogP contribution in [0.4, 0.5) is 4.39 Å². The lowest BCUT2D eigenvalue weighted by atomic mass is 9.97. The Morgan fingerprint density at radius 3 is 2.67 bits per heavy atom. The maximum absolute atomic E-state index is 14.0. The summed E-state index contributed by atoms with van der Waals surface area (Å²) in [5.74, 6) is -0.251. The van der Waals surface area contributed by atoms with E-state index in [1.54, 1.807) is 12.1 Å². The number of benzene rings is 2. The van der Waals surface area contributed by atoms with E-state index in [1.165, 1.54) is 6.07 Å². The van der Waals surface area contributed by atoms with Crippen molar-refractivity contribution in [2.24, 2.45) is 0 Å². The van der Waals surface area contributed by atoms with Crippen LogP contribution in [-0.2, 0) is 6.42 Å². The quantitative estimate of drug-likeness (QED) is 0.738. The molecule has 0 aliphatic rings.